The molecule has 3 heterocycles. The Morgan fingerprint density at radius 3 is 2.35 bits per heavy atom. The topological polar surface area (TPSA) is 114 Å². The SMILES string of the molecule is COc1ccc(NC(=O)N2C[C@H]3C[C@H](C2)c2ccc(NC(=O)Nc4ccccc4OC)c(=O)n2C3)cc1. The third kappa shape index (κ3) is 5.09. The first kappa shape index (κ1) is 24.2. The molecule has 3 aromatic rings. The Hall–Kier alpha value is -4.47. The highest BCUT2D eigenvalue weighted by Gasteiger charge is 2.36. The quantitative estimate of drug-likeness (QED) is 0.484. The zero-order valence-corrected chi connectivity index (χ0v) is 20.7. The van der Waals surface area contributed by atoms with Gasteiger partial charge >= 0.3 is 12.1 Å². The van der Waals surface area contributed by atoms with Crippen LogP contribution in [0.3, 0.4) is 0 Å². The number of fused-ring (bicyclic) bond motifs is 4. The van der Waals surface area contributed by atoms with Gasteiger partial charge in [0.25, 0.3) is 5.56 Å². The number of benzene rings is 2. The first-order chi connectivity index (χ1) is 17.9. The van der Waals surface area contributed by atoms with Crippen molar-refractivity contribution in [2.75, 3.05) is 43.3 Å². The second-order valence-electron chi connectivity index (χ2n) is 9.23. The number of hydrogen-bond acceptors (Lipinski definition) is 5. The fourth-order valence-corrected chi connectivity index (χ4v) is 5.11. The Morgan fingerprint density at radius 2 is 1.59 bits per heavy atom. The molecular formula is C27H29N5O5. The van der Waals surface area contributed by atoms with E-state index in [2.05, 4.69) is 16.0 Å². The van der Waals surface area contributed by atoms with Crippen molar-refractivity contribution in [1.29, 1.82) is 0 Å². The molecule has 0 aliphatic carbocycles. The molecule has 2 aliphatic rings. The number of carbonyl (C=O) groups excluding carboxylic acids is 2. The van der Waals surface area contributed by atoms with E-state index in [0.717, 1.165) is 17.9 Å². The Bertz CT molecular complexity index is 1370. The van der Waals surface area contributed by atoms with Crippen molar-refractivity contribution >= 4 is 29.1 Å². The van der Waals surface area contributed by atoms with Crippen LogP contribution < -0.4 is 31.0 Å². The van der Waals surface area contributed by atoms with Crippen LogP contribution in [0, 0.1) is 5.92 Å². The van der Waals surface area contributed by atoms with Crippen LogP contribution >= 0.6 is 0 Å². The van der Waals surface area contributed by atoms with E-state index >= 15 is 0 Å². The average Bonchev–Trinajstić information content (AvgIpc) is 2.91. The lowest BCUT2D eigenvalue weighted by molar-refractivity contribution is 0.139. The zero-order chi connectivity index (χ0) is 25.9. The molecule has 192 valence electrons. The van der Waals surface area contributed by atoms with E-state index < -0.39 is 6.03 Å². The fourth-order valence-electron chi connectivity index (χ4n) is 5.11. The van der Waals surface area contributed by atoms with Gasteiger partial charge in [-0.3, -0.25) is 4.79 Å². The highest BCUT2D eigenvalue weighted by Crippen LogP contribution is 2.35. The lowest BCUT2D eigenvalue weighted by atomic mass is 9.83. The Morgan fingerprint density at radius 1 is 0.838 bits per heavy atom. The molecule has 2 aliphatic heterocycles. The lowest BCUT2D eigenvalue weighted by Gasteiger charge is -2.42. The number of nitrogens with zero attached hydrogens (tertiary/aromatic N) is 2. The first-order valence-corrected chi connectivity index (χ1v) is 12.1. The van der Waals surface area contributed by atoms with Crippen LogP contribution in [0.25, 0.3) is 0 Å². The van der Waals surface area contributed by atoms with Gasteiger partial charge in [0.1, 0.15) is 17.2 Å². The number of anilines is 3. The van der Waals surface area contributed by atoms with Gasteiger partial charge < -0.3 is 34.9 Å². The van der Waals surface area contributed by atoms with Crippen molar-refractivity contribution in [3.8, 4) is 11.5 Å². The van der Waals surface area contributed by atoms with Gasteiger partial charge in [-0.05, 0) is 60.9 Å². The van der Waals surface area contributed by atoms with Crippen LogP contribution in [0.4, 0.5) is 26.7 Å². The summed E-state index contributed by atoms with van der Waals surface area (Å²) < 4.78 is 12.2. The standard InChI is InChI=1S/C27H29N5O5/c1-36-20-9-7-19(8-10-20)28-27(35)31-14-17-13-18(16-31)23-12-11-22(25(33)32(23)15-17)30-26(34)29-21-5-3-4-6-24(21)37-2/h3-12,17-18H,13-16H2,1-2H3,(H,28,35)(H2,29,30,34)/t17-,18-/m1/s1. The highest BCUT2D eigenvalue weighted by atomic mass is 16.5. The molecule has 3 N–H and O–H groups in total. The number of likely N-dealkylation sites (tertiary alicyclic amines) is 1. The molecule has 2 aromatic carbocycles. The molecule has 0 radical (unpaired) electrons. The first-order valence-electron chi connectivity index (χ1n) is 12.1. The summed E-state index contributed by atoms with van der Waals surface area (Å²) in [5.74, 6) is 1.42. The Balaban J connectivity index is 1.27. The van der Waals surface area contributed by atoms with E-state index in [4.69, 9.17) is 9.47 Å². The van der Waals surface area contributed by atoms with Crippen LogP contribution in [0.1, 0.15) is 18.0 Å². The van der Waals surface area contributed by atoms with Gasteiger partial charge in [0.2, 0.25) is 0 Å². The van der Waals surface area contributed by atoms with Crippen LogP contribution in [-0.4, -0.2) is 48.8 Å². The molecule has 4 amide bonds. The molecule has 1 saturated heterocycles. The number of rotatable bonds is 5. The minimum Gasteiger partial charge on any atom is -0.497 e. The van der Waals surface area contributed by atoms with Crippen molar-refractivity contribution in [1.82, 2.24) is 9.47 Å². The van der Waals surface area contributed by atoms with Gasteiger partial charge in [-0.25, -0.2) is 9.59 Å². The number of piperidine rings is 1. The zero-order valence-electron chi connectivity index (χ0n) is 20.7. The van der Waals surface area contributed by atoms with Gasteiger partial charge in [0.15, 0.2) is 0 Å². The second kappa shape index (κ2) is 10.3. The van der Waals surface area contributed by atoms with E-state index in [1.807, 2.05) is 11.0 Å². The number of urea groups is 2. The van der Waals surface area contributed by atoms with E-state index in [9.17, 15) is 14.4 Å². The Kier molecular flexibility index (Phi) is 6.72. The van der Waals surface area contributed by atoms with E-state index in [1.54, 1.807) is 66.3 Å². The minimum atomic E-state index is -0.528. The minimum absolute atomic E-state index is 0.0401. The van der Waals surface area contributed by atoms with Crippen molar-refractivity contribution in [3.63, 3.8) is 0 Å². The van der Waals surface area contributed by atoms with Gasteiger partial charge in [-0.1, -0.05) is 12.1 Å². The molecule has 0 saturated carbocycles. The van der Waals surface area contributed by atoms with E-state index in [0.29, 0.717) is 36.8 Å². The second-order valence-corrected chi connectivity index (χ2v) is 9.23. The molecule has 1 fully saturated rings. The molecular weight excluding hydrogens is 474 g/mol. The summed E-state index contributed by atoms with van der Waals surface area (Å²) in [7, 11) is 3.12. The molecule has 10 heteroatoms. The van der Waals surface area contributed by atoms with Crippen molar-refractivity contribution < 1.29 is 19.1 Å². The van der Waals surface area contributed by atoms with Gasteiger partial charge in [0, 0.05) is 36.9 Å². The number of aromatic nitrogens is 1. The van der Waals surface area contributed by atoms with Crippen molar-refractivity contribution in [3.05, 3.63) is 76.7 Å². The maximum Gasteiger partial charge on any atom is 0.323 e. The number of pyridine rings is 1. The summed E-state index contributed by atoms with van der Waals surface area (Å²) >= 11 is 0. The third-order valence-electron chi connectivity index (χ3n) is 6.84. The number of carbonyl (C=O) groups is 2. The highest BCUT2D eigenvalue weighted by molar-refractivity contribution is 6.00. The summed E-state index contributed by atoms with van der Waals surface area (Å²) in [4.78, 5) is 40.6. The Labute approximate surface area is 214 Å². The number of amides is 4. The molecule has 0 spiro atoms. The molecule has 1 aromatic heterocycles. The number of methoxy groups -OCH3 is 2. The normalized spacial score (nSPS) is 17.8. The summed E-state index contributed by atoms with van der Waals surface area (Å²) in [5, 5.41) is 8.33. The molecule has 37 heavy (non-hydrogen) atoms. The summed E-state index contributed by atoms with van der Waals surface area (Å²) in [5.41, 5.74) is 2.02. The fraction of sp³-hybridized carbons (Fsp3) is 0.296. The number of hydrogen-bond donors (Lipinski definition) is 3. The van der Waals surface area contributed by atoms with E-state index in [-0.39, 0.29) is 29.1 Å². The predicted molar refractivity (Wildman–Crippen MR) is 141 cm³/mol. The third-order valence-corrected chi connectivity index (χ3v) is 6.84. The molecule has 10 nitrogen and oxygen atoms in total. The van der Waals surface area contributed by atoms with Gasteiger partial charge in [0.05, 0.1) is 19.9 Å². The molecule has 5 rings (SSSR count). The van der Waals surface area contributed by atoms with Crippen LogP contribution in [0.2, 0.25) is 0 Å². The number of ether oxygens (including phenoxy) is 2. The average molecular weight is 504 g/mol. The van der Waals surface area contributed by atoms with E-state index in [1.165, 1.54) is 7.11 Å². The maximum atomic E-state index is 13.3. The van der Waals surface area contributed by atoms with Gasteiger partial charge in [-0.2, -0.15) is 0 Å². The van der Waals surface area contributed by atoms with Crippen molar-refractivity contribution in [2.24, 2.45) is 5.92 Å². The largest absolute Gasteiger partial charge is 0.497 e. The summed E-state index contributed by atoms with van der Waals surface area (Å²) in [6, 6.07) is 17.0. The van der Waals surface area contributed by atoms with Crippen LogP contribution in [0.15, 0.2) is 65.5 Å². The molecule has 0 unspecified atom stereocenters. The van der Waals surface area contributed by atoms with Crippen LogP contribution in [-0.2, 0) is 6.54 Å². The number of nitrogens with one attached hydrogen (secondary N) is 3. The smallest absolute Gasteiger partial charge is 0.323 e. The molecule has 2 atom stereocenters. The number of para-hydroxylation sites is 2. The van der Waals surface area contributed by atoms with Gasteiger partial charge in [-0.15, -0.1) is 0 Å². The molecule has 2 bridgehead atoms. The van der Waals surface area contributed by atoms with Crippen LogP contribution in [0.5, 0.6) is 11.5 Å². The van der Waals surface area contributed by atoms with Crippen molar-refractivity contribution in [2.45, 2.75) is 18.9 Å². The maximum absolute atomic E-state index is 13.3. The lowest BCUT2D eigenvalue weighted by Crippen LogP contribution is -2.50. The summed E-state index contributed by atoms with van der Waals surface area (Å²) in [6.07, 6.45) is 0.910. The summed E-state index contributed by atoms with van der Waals surface area (Å²) in [6.45, 7) is 1.55. The monoisotopic (exact) mass is 503 g/mol. The predicted octanol–water partition coefficient (Wildman–Crippen LogP) is 4.16.